The Kier molecular flexibility index (Phi) is 7.92. The summed E-state index contributed by atoms with van der Waals surface area (Å²) in [5.41, 5.74) is 2.53. The van der Waals surface area contributed by atoms with Gasteiger partial charge >= 0.3 is 0 Å². The quantitative estimate of drug-likeness (QED) is 0.673. The van der Waals surface area contributed by atoms with Crippen LogP contribution in [0, 0.1) is 0 Å². The first-order valence-corrected chi connectivity index (χ1v) is 7.85. The van der Waals surface area contributed by atoms with Crippen molar-refractivity contribution in [1.29, 1.82) is 0 Å². The van der Waals surface area contributed by atoms with Crippen molar-refractivity contribution < 1.29 is 0 Å². The van der Waals surface area contributed by atoms with Gasteiger partial charge in [-0.05, 0) is 37.9 Å². The van der Waals surface area contributed by atoms with Crippen molar-refractivity contribution in [2.45, 2.75) is 46.6 Å². The molecule has 0 saturated carbocycles. The minimum atomic E-state index is 0.854. The van der Waals surface area contributed by atoms with Gasteiger partial charge in [-0.3, -0.25) is 0 Å². The second-order valence-electron chi connectivity index (χ2n) is 4.90. The van der Waals surface area contributed by atoms with Crippen LogP contribution in [0.25, 0.3) is 0 Å². The minimum Gasteiger partial charge on any atom is -0.371 e. The van der Waals surface area contributed by atoms with E-state index in [0.717, 1.165) is 50.5 Å². The number of rotatable bonds is 9. The maximum Gasteiger partial charge on any atom is 0.0471 e. The number of anilines is 1. The largest absolute Gasteiger partial charge is 0.371 e. The van der Waals surface area contributed by atoms with Crippen LogP contribution in [0.5, 0.6) is 0 Å². The van der Waals surface area contributed by atoms with Gasteiger partial charge in [-0.15, -0.1) is 0 Å². The molecule has 1 rings (SSSR count). The Labute approximate surface area is 123 Å². The van der Waals surface area contributed by atoms with Gasteiger partial charge in [-0.1, -0.05) is 38.4 Å². The molecule has 0 fully saturated rings. The third kappa shape index (κ3) is 5.04. The van der Waals surface area contributed by atoms with E-state index in [-0.39, 0.29) is 0 Å². The second kappa shape index (κ2) is 9.22. The van der Waals surface area contributed by atoms with Crippen LogP contribution >= 0.6 is 11.6 Å². The van der Waals surface area contributed by atoms with Gasteiger partial charge in [-0.2, -0.15) is 0 Å². The molecule has 0 aromatic heterocycles. The maximum atomic E-state index is 6.39. The summed E-state index contributed by atoms with van der Waals surface area (Å²) in [6.45, 7) is 10.7. The molecule has 0 bridgehead atoms. The molecule has 0 aliphatic heterocycles. The van der Waals surface area contributed by atoms with Crippen LogP contribution in [0.15, 0.2) is 18.2 Å². The van der Waals surface area contributed by atoms with Crippen molar-refractivity contribution in [3.63, 3.8) is 0 Å². The fourth-order valence-electron chi connectivity index (χ4n) is 2.30. The zero-order valence-electron chi connectivity index (χ0n) is 12.5. The van der Waals surface area contributed by atoms with E-state index in [4.69, 9.17) is 11.6 Å². The van der Waals surface area contributed by atoms with Crippen molar-refractivity contribution in [2.24, 2.45) is 0 Å². The maximum absolute atomic E-state index is 6.39. The van der Waals surface area contributed by atoms with E-state index in [2.05, 4.69) is 43.1 Å². The fourth-order valence-corrected chi connectivity index (χ4v) is 2.54. The summed E-state index contributed by atoms with van der Waals surface area (Å²) in [7, 11) is 0. The van der Waals surface area contributed by atoms with Crippen LogP contribution in [0.1, 0.15) is 45.6 Å². The zero-order valence-corrected chi connectivity index (χ0v) is 13.3. The Morgan fingerprint density at radius 1 is 1.05 bits per heavy atom. The van der Waals surface area contributed by atoms with E-state index in [9.17, 15) is 0 Å². The third-order valence-electron chi connectivity index (χ3n) is 3.15. The summed E-state index contributed by atoms with van der Waals surface area (Å²) >= 11 is 6.39. The summed E-state index contributed by atoms with van der Waals surface area (Å²) in [5, 5.41) is 4.33. The Morgan fingerprint density at radius 2 is 1.74 bits per heavy atom. The topological polar surface area (TPSA) is 15.3 Å². The molecule has 0 unspecified atom stereocenters. The van der Waals surface area contributed by atoms with Crippen LogP contribution in [0.4, 0.5) is 5.69 Å². The van der Waals surface area contributed by atoms with E-state index in [1.165, 1.54) is 11.3 Å². The zero-order chi connectivity index (χ0) is 14.1. The van der Waals surface area contributed by atoms with Crippen molar-refractivity contribution in [3.8, 4) is 0 Å². The van der Waals surface area contributed by atoms with Gasteiger partial charge in [0, 0.05) is 35.9 Å². The first-order chi connectivity index (χ1) is 9.24. The molecule has 2 nitrogen and oxygen atoms in total. The predicted octanol–water partition coefficient (Wildman–Crippen LogP) is 4.47. The van der Waals surface area contributed by atoms with Crippen molar-refractivity contribution in [2.75, 3.05) is 24.5 Å². The molecule has 0 heterocycles. The van der Waals surface area contributed by atoms with Crippen LogP contribution in [-0.2, 0) is 6.54 Å². The lowest BCUT2D eigenvalue weighted by atomic mass is 10.1. The average molecular weight is 283 g/mol. The Hall–Kier alpha value is -0.730. The van der Waals surface area contributed by atoms with Gasteiger partial charge in [0.1, 0.15) is 0 Å². The molecule has 0 radical (unpaired) electrons. The standard InChI is InChI=1S/C16H27ClN2/c1-4-10-18-13-14-15(17)8-7-9-16(14)19(11-5-2)12-6-3/h7-9,18H,4-6,10-13H2,1-3H3. The van der Waals surface area contributed by atoms with Crippen LogP contribution in [0.2, 0.25) is 5.02 Å². The highest BCUT2D eigenvalue weighted by Crippen LogP contribution is 2.28. The smallest absolute Gasteiger partial charge is 0.0471 e. The third-order valence-corrected chi connectivity index (χ3v) is 3.50. The molecule has 0 aliphatic rings. The number of benzene rings is 1. The van der Waals surface area contributed by atoms with Gasteiger partial charge < -0.3 is 10.2 Å². The summed E-state index contributed by atoms with van der Waals surface area (Å²) < 4.78 is 0. The Morgan fingerprint density at radius 3 is 2.32 bits per heavy atom. The number of nitrogens with zero attached hydrogens (tertiary/aromatic N) is 1. The Balaban J connectivity index is 2.92. The highest BCUT2D eigenvalue weighted by Gasteiger charge is 2.12. The minimum absolute atomic E-state index is 0.854. The number of hydrogen-bond donors (Lipinski definition) is 1. The highest BCUT2D eigenvalue weighted by atomic mass is 35.5. The van der Waals surface area contributed by atoms with Gasteiger partial charge in [0.2, 0.25) is 0 Å². The van der Waals surface area contributed by atoms with Crippen LogP contribution in [0.3, 0.4) is 0 Å². The van der Waals surface area contributed by atoms with E-state index in [1.807, 2.05) is 6.07 Å². The molecule has 3 heteroatoms. The van der Waals surface area contributed by atoms with E-state index < -0.39 is 0 Å². The van der Waals surface area contributed by atoms with Gasteiger partial charge in [-0.25, -0.2) is 0 Å². The molecule has 0 spiro atoms. The summed E-state index contributed by atoms with van der Waals surface area (Å²) in [6, 6.07) is 6.24. The lowest BCUT2D eigenvalue weighted by Crippen LogP contribution is -2.27. The van der Waals surface area contributed by atoms with Gasteiger partial charge in [0.15, 0.2) is 0 Å². The van der Waals surface area contributed by atoms with Crippen LogP contribution < -0.4 is 10.2 Å². The van der Waals surface area contributed by atoms with Crippen LogP contribution in [-0.4, -0.2) is 19.6 Å². The average Bonchev–Trinajstić information content (AvgIpc) is 2.40. The van der Waals surface area contributed by atoms with Gasteiger partial charge in [0.05, 0.1) is 0 Å². The first-order valence-electron chi connectivity index (χ1n) is 7.47. The van der Waals surface area contributed by atoms with E-state index in [1.54, 1.807) is 0 Å². The normalized spacial score (nSPS) is 10.7. The lowest BCUT2D eigenvalue weighted by molar-refractivity contribution is 0.669. The molecule has 19 heavy (non-hydrogen) atoms. The molecule has 108 valence electrons. The molecule has 0 atom stereocenters. The molecule has 0 amide bonds. The Bertz CT molecular complexity index is 360. The predicted molar refractivity (Wildman–Crippen MR) is 86.2 cm³/mol. The first kappa shape index (κ1) is 16.3. The number of halogens is 1. The van der Waals surface area contributed by atoms with E-state index in [0.29, 0.717) is 0 Å². The molecule has 1 aromatic carbocycles. The monoisotopic (exact) mass is 282 g/mol. The highest BCUT2D eigenvalue weighted by molar-refractivity contribution is 6.31. The lowest BCUT2D eigenvalue weighted by Gasteiger charge is -2.27. The summed E-state index contributed by atoms with van der Waals surface area (Å²) in [5.74, 6) is 0. The number of hydrogen-bond acceptors (Lipinski definition) is 2. The number of nitrogens with one attached hydrogen (secondary N) is 1. The summed E-state index contributed by atoms with van der Waals surface area (Å²) in [6.07, 6.45) is 3.47. The van der Waals surface area contributed by atoms with Crippen molar-refractivity contribution in [1.82, 2.24) is 5.32 Å². The molecular weight excluding hydrogens is 256 g/mol. The fraction of sp³-hybridized carbons (Fsp3) is 0.625. The molecule has 0 saturated heterocycles. The van der Waals surface area contributed by atoms with Gasteiger partial charge in [0.25, 0.3) is 0 Å². The second-order valence-corrected chi connectivity index (χ2v) is 5.31. The van der Waals surface area contributed by atoms with E-state index >= 15 is 0 Å². The molecular formula is C16H27ClN2. The van der Waals surface area contributed by atoms with Crippen molar-refractivity contribution >= 4 is 17.3 Å². The summed E-state index contributed by atoms with van der Waals surface area (Å²) in [4.78, 5) is 2.45. The molecule has 0 aliphatic carbocycles. The van der Waals surface area contributed by atoms with Crippen molar-refractivity contribution in [3.05, 3.63) is 28.8 Å². The molecule has 1 aromatic rings. The SMILES string of the molecule is CCCNCc1c(Cl)cccc1N(CCC)CCC. The molecule has 1 N–H and O–H groups in total.